The number of amides is 1. The minimum absolute atomic E-state index is 0.0953. The van der Waals surface area contributed by atoms with Crippen molar-refractivity contribution in [2.24, 2.45) is 5.92 Å². The number of H-pyrrole nitrogens is 1. The predicted molar refractivity (Wildman–Crippen MR) is 134 cm³/mol. The average molecular weight is 511 g/mol. The number of anilines is 1. The highest BCUT2D eigenvalue weighted by Crippen LogP contribution is 2.29. The zero-order valence-corrected chi connectivity index (χ0v) is 20.3. The Hall–Kier alpha value is -3.92. The van der Waals surface area contributed by atoms with Crippen LogP contribution in [0.4, 0.5) is 15.0 Å². The number of hydrogen-bond acceptors (Lipinski definition) is 7. The zero-order valence-electron chi connectivity index (χ0n) is 19.5. The van der Waals surface area contributed by atoms with Gasteiger partial charge in [0.25, 0.3) is 0 Å². The first kappa shape index (κ1) is 23.8. The lowest BCUT2D eigenvalue weighted by Crippen LogP contribution is -2.43. The van der Waals surface area contributed by atoms with Gasteiger partial charge in [0.15, 0.2) is 29.0 Å². The van der Waals surface area contributed by atoms with Gasteiger partial charge in [-0.2, -0.15) is 0 Å². The molecule has 1 aliphatic heterocycles. The maximum absolute atomic E-state index is 14.5. The van der Waals surface area contributed by atoms with Gasteiger partial charge in [0, 0.05) is 43.0 Å². The Morgan fingerprint density at radius 2 is 2.11 bits per heavy atom. The predicted octanol–water partition coefficient (Wildman–Crippen LogP) is 5.14. The first-order valence-electron chi connectivity index (χ1n) is 11.5. The summed E-state index contributed by atoms with van der Waals surface area (Å²) in [6, 6.07) is 8.77. The van der Waals surface area contributed by atoms with Gasteiger partial charge in [0.1, 0.15) is 5.65 Å². The fourth-order valence-corrected chi connectivity index (χ4v) is 4.44. The molecule has 3 aromatic heterocycles. The number of carbonyl (C=O) groups is 1. The largest absolute Gasteiger partial charge is 0.493 e. The third kappa shape index (κ3) is 5.03. The van der Waals surface area contributed by atoms with Crippen molar-refractivity contribution in [1.29, 1.82) is 0 Å². The molecule has 2 N–H and O–H groups in total. The molecule has 1 amide bonds. The first-order chi connectivity index (χ1) is 17.5. The molecular weight excluding hydrogens is 487 g/mol. The fraction of sp³-hybridized carbons (Fsp3) is 0.280. The molecule has 0 aliphatic carbocycles. The smallest absolute Gasteiger partial charge is 0.415 e. The minimum Gasteiger partial charge on any atom is -0.493 e. The molecule has 1 atom stereocenters. The maximum Gasteiger partial charge on any atom is 0.415 e. The van der Waals surface area contributed by atoms with Gasteiger partial charge in [-0.05, 0) is 37.0 Å². The number of para-hydroxylation sites is 2. The van der Waals surface area contributed by atoms with Gasteiger partial charge in [0.05, 0.1) is 18.3 Å². The highest BCUT2D eigenvalue weighted by Gasteiger charge is 2.26. The number of nitrogens with zero attached hydrogens (tertiary/aromatic N) is 4. The van der Waals surface area contributed by atoms with E-state index in [4.69, 9.17) is 21.1 Å². The van der Waals surface area contributed by atoms with E-state index in [1.54, 1.807) is 47.6 Å². The number of benzene rings is 1. The first-order valence-corrected chi connectivity index (χ1v) is 11.9. The molecule has 4 aromatic rings. The Kier molecular flexibility index (Phi) is 6.86. The number of piperidine rings is 1. The molecule has 36 heavy (non-hydrogen) atoms. The number of methoxy groups -OCH3 is 1. The summed E-state index contributed by atoms with van der Waals surface area (Å²) in [5.41, 5.74) is 1.31. The number of halogens is 2. The Labute approximate surface area is 211 Å². The van der Waals surface area contributed by atoms with Crippen molar-refractivity contribution in [3.8, 4) is 22.9 Å². The highest BCUT2D eigenvalue weighted by molar-refractivity contribution is 6.31. The Morgan fingerprint density at radius 3 is 2.94 bits per heavy atom. The second kappa shape index (κ2) is 10.4. The van der Waals surface area contributed by atoms with E-state index in [0.29, 0.717) is 53.2 Å². The molecule has 186 valence electrons. The van der Waals surface area contributed by atoms with Crippen LogP contribution in [0.3, 0.4) is 0 Å². The molecule has 1 unspecified atom stereocenters. The number of aromatic nitrogens is 4. The Morgan fingerprint density at radius 1 is 1.28 bits per heavy atom. The van der Waals surface area contributed by atoms with Crippen LogP contribution in [0.2, 0.25) is 5.02 Å². The molecule has 9 nitrogen and oxygen atoms in total. The summed E-state index contributed by atoms with van der Waals surface area (Å²) in [4.78, 5) is 30.2. The van der Waals surface area contributed by atoms with Gasteiger partial charge in [0.2, 0.25) is 0 Å². The number of rotatable bonds is 6. The number of hydrogen-bond donors (Lipinski definition) is 2. The van der Waals surface area contributed by atoms with E-state index in [-0.39, 0.29) is 11.7 Å². The molecule has 0 saturated carbocycles. The lowest BCUT2D eigenvalue weighted by atomic mass is 9.98. The van der Waals surface area contributed by atoms with Crippen LogP contribution < -0.4 is 14.8 Å². The van der Waals surface area contributed by atoms with E-state index >= 15 is 0 Å². The molecule has 1 saturated heterocycles. The Bertz CT molecular complexity index is 1400. The van der Waals surface area contributed by atoms with E-state index < -0.39 is 11.9 Å². The summed E-state index contributed by atoms with van der Waals surface area (Å²) in [5, 5.41) is 4.32. The van der Waals surface area contributed by atoms with Crippen LogP contribution >= 0.6 is 11.6 Å². The number of aromatic amines is 1. The van der Waals surface area contributed by atoms with Crippen molar-refractivity contribution in [2.75, 3.05) is 32.1 Å². The number of nitrogens with one attached hydrogen (secondary N) is 2. The van der Waals surface area contributed by atoms with E-state index in [9.17, 15) is 9.18 Å². The number of carbonyl (C=O) groups excluding carboxylic acids is 1. The lowest BCUT2D eigenvalue weighted by Gasteiger charge is -2.32. The monoisotopic (exact) mass is 510 g/mol. The molecule has 1 fully saturated rings. The lowest BCUT2D eigenvalue weighted by molar-refractivity contribution is 0.127. The van der Waals surface area contributed by atoms with E-state index in [0.717, 1.165) is 24.4 Å². The molecule has 1 aromatic carbocycles. The molecule has 11 heteroatoms. The van der Waals surface area contributed by atoms with Crippen molar-refractivity contribution in [3.63, 3.8) is 0 Å². The van der Waals surface area contributed by atoms with E-state index in [2.05, 4.69) is 25.3 Å². The maximum atomic E-state index is 14.5. The molecule has 0 radical (unpaired) electrons. The summed E-state index contributed by atoms with van der Waals surface area (Å²) in [6.07, 6.45) is 5.66. The molecular formula is C25H24ClFN6O3. The van der Waals surface area contributed by atoms with Crippen LogP contribution in [-0.2, 0) is 0 Å². The van der Waals surface area contributed by atoms with Crippen molar-refractivity contribution in [1.82, 2.24) is 24.8 Å². The van der Waals surface area contributed by atoms with Crippen molar-refractivity contribution in [2.45, 2.75) is 12.8 Å². The highest BCUT2D eigenvalue weighted by atomic mass is 35.5. The van der Waals surface area contributed by atoms with Crippen LogP contribution in [0.25, 0.3) is 22.4 Å². The number of likely N-dealkylation sites (tertiary alicyclic amines) is 1. The summed E-state index contributed by atoms with van der Waals surface area (Å²) in [6.45, 7) is 1.51. The molecule has 1 aliphatic rings. The van der Waals surface area contributed by atoms with Gasteiger partial charge in [-0.1, -0.05) is 23.7 Å². The van der Waals surface area contributed by atoms with E-state index in [1.807, 2.05) is 0 Å². The average Bonchev–Trinajstić information content (AvgIpc) is 3.31. The van der Waals surface area contributed by atoms with E-state index in [1.165, 1.54) is 7.11 Å². The van der Waals surface area contributed by atoms with Crippen molar-refractivity contribution < 1.29 is 18.7 Å². The SMILES string of the molecule is COc1ccccc1OC(=O)N1CCCC(CNc2nc(-c3c[nH]c4ncc(Cl)cc34)ncc2F)C1. The minimum atomic E-state index is -0.557. The van der Waals surface area contributed by atoms with Gasteiger partial charge in [-0.3, -0.25) is 0 Å². The summed E-state index contributed by atoms with van der Waals surface area (Å²) >= 11 is 6.09. The second-order valence-corrected chi connectivity index (χ2v) is 8.93. The van der Waals surface area contributed by atoms with Gasteiger partial charge < -0.3 is 24.7 Å². The van der Waals surface area contributed by atoms with Gasteiger partial charge in [-0.25, -0.2) is 24.1 Å². The Balaban J connectivity index is 1.25. The van der Waals surface area contributed by atoms with Crippen LogP contribution in [-0.4, -0.2) is 57.7 Å². The molecule has 0 spiro atoms. The summed E-state index contributed by atoms with van der Waals surface area (Å²) in [7, 11) is 1.53. The van der Waals surface area contributed by atoms with Crippen molar-refractivity contribution >= 4 is 34.5 Å². The van der Waals surface area contributed by atoms with Crippen LogP contribution in [0.1, 0.15) is 12.8 Å². The summed E-state index contributed by atoms with van der Waals surface area (Å²) in [5.74, 6) is 0.841. The normalized spacial score (nSPS) is 15.6. The fourth-order valence-electron chi connectivity index (χ4n) is 4.28. The summed E-state index contributed by atoms with van der Waals surface area (Å²) < 4.78 is 25.3. The molecule has 4 heterocycles. The van der Waals surface area contributed by atoms with Gasteiger partial charge in [-0.15, -0.1) is 0 Å². The third-order valence-electron chi connectivity index (χ3n) is 6.08. The van der Waals surface area contributed by atoms with Gasteiger partial charge >= 0.3 is 6.09 Å². The number of pyridine rings is 1. The van der Waals surface area contributed by atoms with Crippen molar-refractivity contribution in [3.05, 3.63) is 59.8 Å². The topological polar surface area (TPSA) is 105 Å². The van der Waals surface area contributed by atoms with Crippen LogP contribution in [0, 0.1) is 11.7 Å². The third-order valence-corrected chi connectivity index (χ3v) is 6.29. The second-order valence-electron chi connectivity index (χ2n) is 8.50. The number of fused-ring (bicyclic) bond motifs is 1. The molecule has 0 bridgehead atoms. The quantitative estimate of drug-likeness (QED) is 0.370. The van der Waals surface area contributed by atoms with Crippen LogP contribution in [0.5, 0.6) is 11.5 Å². The number of ether oxygens (including phenoxy) is 2. The molecule has 5 rings (SSSR count). The zero-order chi connectivity index (χ0) is 25.1. The standard InChI is InChI=1S/C25H24ClFN6O3/c1-35-20-6-2-3-7-21(20)36-25(34)33-8-4-5-15(14-33)10-28-24-19(27)13-31-23(32-24)18-12-30-22-17(18)9-16(26)11-29-22/h2-3,6-7,9,11-13,15H,4-5,8,10,14H2,1H3,(H,29,30)(H,28,31,32). The van der Waals surface area contributed by atoms with Crippen LogP contribution in [0.15, 0.2) is 48.9 Å².